The maximum atomic E-state index is 13.2. The van der Waals surface area contributed by atoms with Gasteiger partial charge >= 0.3 is 5.97 Å². The Morgan fingerprint density at radius 3 is 2.36 bits per heavy atom. The molecular weight excluding hydrogens is 444 g/mol. The van der Waals surface area contributed by atoms with E-state index in [-0.39, 0.29) is 18.9 Å². The van der Waals surface area contributed by atoms with Crippen LogP contribution in [0.1, 0.15) is 25.0 Å². The molecule has 2 aliphatic rings. The highest BCUT2D eigenvalue weighted by Gasteiger charge is 2.68. The normalized spacial score (nSPS) is 25.1. The van der Waals surface area contributed by atoms with Gasteiger partial charge in [-0.1, -0.05) is 42.5 Å². The number of rotatable bonds is 7. The molecule has 4 atom stereocenters. The molecule has 2 unspecified atom stereocenters. The summed E-state index contributed by atoms with van der Waals surface area (Å²) in [5.74, 6) is -0.688. The zero-order valence-corrected chi connectivity index (χ0v) is 19.5. The molecule has 2 amide bonds. The van der Waals surface area contributed by atoms with Crippen LogP contribution in [-0.4, -0.2) is 56.2 Å². The lowest BCUT2D eigenvalue weighted by atomic mass is 9.96. The van der Waals surface area contributed by atoms with Crippen molar-refractivity contribution in [3.8, 4) is 5.75 Å². The van der Waals surface area contributed by atoms with Crippen LogP contribution in [0.25, 0.3) is 0 Å². The van der Waals surface area contributed by atoms with Gasteiger partial charge in [0.25, 0.3) is 0 Å². The summed E-state index contributed by atoms with van der Waals surface area (Å²) in [5, 5.41) is 1.94. The van der Waals surface area contributed by atoms with Gasteiger partial charge in [-0.2, -0.15) is 0 Å². The smallest absolute Gasteiger partial charge is 0.330 e. The van der Waals surface area contributed by atoms with Crippen molar-refractivity contribution in [2.24, 2.45) is 0 Å². The summed E-state index contributed by atoms with van der Waals surface area (Å²) in [5.41, 5.74) is 1.57. The number of fused-ring (bicyclic) bond motifs is 1. The summed E-state index contributed by atoms with van der Waals surface area (Å²) >= 11 is 0. The molecule has 174 valence electrons. The molecule has 2 aliphatic heterocycles. The molecule has 0 aromatic heterocycles. The second-order valence-electron chi connectivity index (χ2n) is 8.60. The van der Waals surface area contributed by atoms with E-state index in [2.05, 4.69) is 5.32 Å². The van der Waals surface area contributed by atoms with Gasteiger partial charge in [-0.25, -0.2) is 4.79 Å². The van der Waals surface area contributed by atoms with Crippen molar-refractivity contribution in [2.75, 3.05) is 7.11 Å². The lowest BCUT2D eigenvalue weighted by Crippen LogP contribution is -2.71. The van der Waals surface area contributed by atoms with Crippen LogP contribution < -0.4 is 10.1 Å². The minimum atomic E-state index is -1.56. The number of nitrogens with one attached hydrogen (secondary N) is 1. The predicted octanol–water partition coefficient (Wildman–Crippen LogP) is 1.54. The van der Waals surface area contributed by atoms with E-state index in [4.69, 9.17) is 9.47 Å². The molecule has 0 spiro atoms. The average molecular weight is 471 g/mol. The second kappa shape index (κ2) is 8.97. The van der Waals surface area contributed by atoms with Crippen molar-refractivity contribution in [1.29, 1.82) is 0 Å². The molecule has 0 bridgehead atoms. The number of carbonyl (C=O) groups excluding carboxylic acids is 3. The summed E-state index contributed by atoms with van der Waals surface area (Å²) in [7, 11) is -0.000290. The third-order valence-electron chi connectivity index (χ3n) is 6.04. The Kier molecular flexibility index (Phi) is 6.25. The molecule has 2 fully saturated rings. The maximum Gasteiger partial charge on any atom is 0.330 e. The lowest BCUT2D eigenvalue weighted by molar-refractivity contribution is -0.165. The fraction of sp³-hybridized carbons (Fsp3) is 0.375. The van der Waals surface area contributed by atoms with Gasteiger partial charge in [-0.15, -0.1) is 0 Å². The zero-order chi connectivity index (χ0) is 23.8. The van der Waals surface area contributed by atoms with E-state index in [0.29, 0.717) is 5.75 Å². The van der Waals surface area contributed by atoms with Crippen LogP contribution >= 0.6 is 0 Å². The van der Waals surface area contributed by atoms with Crippen LogP contribution in [0.5, 0.6) is 5.75 Å². The Morgan fingerprint density at radius 2 is 1.73 bits per heavy atom. The SMILES string of the molecule is COc1ccc(COC(=O)[C@@H]2N3C(=O)[C@@H](NC(=O)Cc4ccccc4)C3S(=O)C2(C)C)cc1. The number of nitrogens with zero attached hydrogens (tertiary/aromatic N) is 1. The topological polar surface area (TPSA) is 102 Å². The predicted molar refractivity (Wildman–Crippen MR) is 122 cm³/mol. The van der Waals surface area contributed by atoms with E-state index in [1.54, 1.807) is 45.2 Å². The Hall–Kier alpha value is -3.20. The quantitative estimate of drug-likeness (QED) is 0.487. The zero-order valence-electron chi connectivity index (χ0n) is 18.6. The fourth-order valence-corrected chi connectivity index (χ4v) is 6.15. The first kappa shape index (κ1) is 23.0. The van der Waals surface area contributed by atoms with E-state index in [1.165, 1.54) is 4.90 Å². The summed E-state index contributed by atoms with van der Waals surface area (Å²) in [6, 6.07) is 14.3. The number of amides is 2. The molecule has 4 rings (SSSR count). The summed E-state index contributed by atoms with van der Waals surface area (Å²) < 4.78 is 22.8. The second-order valence-corrected chi connectivity index (χ2v) is 10.7. The number of hydrogen-bond acceptors (Lipinski definition) is 6. The van der Waals surface area contributed by atoms with E-state index >= 15 is 0 Å². The molecule has 2 heterocycles. The lowest BCUT2D eigenvalue weighted by Gasteiger charge is -2.43. The molecule has 9 heteroatoms. The third kappa shape index (κ3) is 4.25. The van der Waals surface area contributed by atoms with Gasteiger partial charge < -0.3 is 19.7 Å². The summed E-state index contributed by atoms with van der Waals surface area (Å²) in [6.45, 7) is 3.37. The van der Waals surface area contributed by atoms with Crippen LogP contribution in [0.2, 0.25) is 0 Å². The highest BCUT2D eigenvalue weighted by atomic mass is 32.2. The number of carbonyl (C=O) groups is 3. The Bertz CT molecular complexity index is 1090. The summed E-state index contributed by atoms with van der Waals surface area (Å²) in [6.07, 6.45) is 0.112. The number of benzene rings is 2. The molecule has 33 heavy (non-hydrogen) atoms. The average Bonchev–Trinajstić information content (AvgIpc) is 3.00. The van der Waals surface area contributed by atoms with Crippen molar-refractivity contribution in [1.82, 2.24) is 10.2 Å². The molecule has 2 aromatic carbocycles. The molecule has 8 nitrogen and oxygen atoms in total. The van der Waals surface area contributed by atoms with E-state index in [0.717, 1.165) is 11.1 Å². The van der Waals surface area contributed by atoms with Crippen molar-refractivity contribution in [3.05, 3.63) is 65.7 Å². The first-order valence-electron chi connectivity index (χ1n) is 10.6. The maximum absolute atomic E-state index is 13.2. The van der Waals surface area contributed by atoms with Crippen molar-refractivity contribution in [3.63, 3.8) is 0 Å². The van der Waals surface area contributed by atoms with Gasteiger partial charge in [0.2, 0.25) is 11.8 Å². The van der Waals surface area contributed by atoms with Crippen LogP contribution in [0.15, 0.2) is 54.6 Å². The van der Waals surface area contributed by atoms with Gasteiger partial charge in [0.15, 0.2) is 0 Å². The monoisotopic (exact) mass is 470 g/mol. The van der Waals surface area contributed by atoms with Gasteiger partial charge in [0.05, 0.1) is 29.1 Å². The van der Waals surface area contributed by atoms with Gasteiger partial charge in [0, 0.05) is 0 Å². The number of hydrogen-bond donors (Lipinski definition) is 1. The fourth-order valence-electron chi connectivity index (χ4n) is 4.23. The molecule has 0 saturated carbocycles. The molecule has 2 saturated heterocycles. The van der Waals surface area contributed by atoms with Crippen LogP contribution in [-0.2, 0) is 42.9 Å². The Morgan fingerprint density at radius 1 is 1.06 bits per heavy atom. The van der Waals surface area contributed by atoms with Crippen molar-refractivity contribution < 1.29 is 28.1 Å². The first-order chi connectivity index (χ1) is 15.7. The van der Waals surface area contributed by atoms with Crippen molar-refractivity contribution in [2.45, 2.75) is 49.1 Å². The Balaban J connectivity index is 1.42. The molecule has 0 radical (unpaired) electrons. The number of methoxy groups -OCH3 is 1. The minimum Gasteiger partial charge on any atom is -0.497 e. The largest absolute Gasteiger partial charge is 0.497 e. The number of ether oxygens (including phenoxy) is 2. The van der Waals surface area contributed by atoms with Gasteiger partial charge in [-0.05, 0) is 37.1 Å². The molecular formula is C24H26N2O6S. The first-order valence-corrected chi connectivity index (χ1v) is 11.8. The number of β-lactam (4-membered cyclic amide) rings is 1. The molecule has 0 aliphatic carbocycles. The standard InChI is InChI=1S/C24H26N2O6S/c1-24(2)20(23(29)32-14-16-9-11-17(31-3)12-10-16)26-21(28)19(22(26)33(24)30)25-18(27)13-15-7-5-4-6-8-15/h4-12,19-20,22H,13-14H2,1-3H3,(H,25,27)/t19-,20+,22?,33?/m1/s1. The summed E-state index contributed by atoms with van der Waals surface area (Å²) in [4.78, 5) is 39.6. The minimum absolute atomic E-state index is 0.0198. The molecule has 1 N–H and O–H groups in total. The van der Waals surface area contributed by atoms with Crippen molar-refractivity contribution >= 4 is 28.6 Å². The highest BCUT2D eigenvalue weighted by Crippen LogP contribution is 2.44. The van der Waals surface area contributed by atoms with Crippen LogP contribution in [0, 0.1) is 0 Å². The highest BCUT2D eigenvalue weighted by molar-refractivity contribution is 7.87. The Labute approximate surface area is 194 Å². The van der Waals surface area contributed by atoms with E-state index in [9.17, 15) is 18.6 Å². The van der Waals surface area contributed by atoms with Crippen LogP contribution in [0.3, 0.4) is 0 Å². The van der Waals surface area contributed by atoms with E-state index < -0.39 is 44.9 Å². The van der Waals surface area contributed by atoms with Gasteiger partial charge in [-0.3, -0.25) is 13.8 Å². The van der Waals surface area contributed by atoms with E-state index in [1.807, 2.05) is 30.3 Å². The van der Waals surface area contributed by atoms with Gasteiger partial charge in [0.1, 0.15) is 29.8 Å². The third-order valence-corrected chi connectivity index (χ3v) is 8.24. The number of esters is 1. The molecule has 2 aromatic rings. The van der Waals surface area contributed by atoms with Crippen LogP contribution in [0.4, 0.5) is 0 Å².